The molecule has 0 saturated heterocycles. The van der Waals surface area contributed by atoms with Gasteiger partial charge in [0, 0.05) is 6.42 Å². The second-order valence-electron chi connectivity index (χ2n) is 6.00. The van der Waals surface area contributed by atoms with Gasteiger partial charge in [-0.1, -0.05) is 12.1 Å². The van der Waals surface area contributed by atoms with Gasteiger partial charge < -0.3 is 14.9 Å². The van der Waals surface area contributed by atoms with Gasteiger partial charge in [-0.2, -0.15) is 0 Å². The summed E-state index contributed by atoms with van der Waals surface area (Å²) >= 11 is 0. The molecule has 25 heavy (non-hydrogen) atoms. The molecule has 0 radical (unpaired) electrons. The van der Waals surface area contributed by atoms with Gasteiger partial charge in [-0.15, -0.1) is 0 Å². The predicted octanol–water partition coefficient (Wildman–Crippen LogP) is 2.26. The lowest BCUT2D eigenvalue weighted by Gasteiger charge is -2.21. The minimum atomic E-state index is -0.0653. The van der Waals surface area contributed by atoms with Crippen molar-refractivity contribution in [3.05, 3.63) is 63.7 Å². The van der Waals surface area contributed by atoms with Gasteiger partial charge in [0.25, 0.3) is 5.56 Å². The standard InChI is InChI=1S/C19H19N3O3/c1-24-16-9-12-7-8-18-21-15-6-4-3-5-14(15)19(23)22(18)20-11-13(12)10-17(16)25-2/h3-6,9-10,20H,7-8,11H2,1-2H3. The van der Waals surface area contributed by atoms with E-state index >= 15 is 0 Å². The molecule has 0 aliphatic carbocycles. The molecule has 1 N–H and O–H groups in total. The van der Waals surface area contributed by atoms with Crippen LogP contribution >= 0.6 is 0 Å². The number of rotatable bonds is 2. The Kier molecular flexibility index (Phi) is 3.80. The Morgan fingerprint density at radius 3 is 2.52 bits per heavy atom. The van der Waals surface area contributed by atoms with Crippen LogP contribution in [0, 0.1) is 0 Å². The average molecular weight is 337 g/mol. The van der Waals surface area contributed by atoms with Crippen LogP contribution in [0.5, 0.6) is 11.5 Å². The van der Waals surface area contributed by atoms with Crippen LogP contribution in [0.4, 0.5) is 0 Å². The van der Waals surface area contributed by atoms with E-state index < -0.39 is 0 Å². The number of methoxy groups -OCH3 is 2. The summed E-state index contributed by atoms with van der Waals surface area (Å²) in [7, 11) is 3.25. The van der Waals surface area contributed by atoms with Gasteiger partial charge in [0.2, 0.25) is 0 Å². The lowest BCUT2D eigenvalue weighted by Crippen LogP contribution is -2.34. The van der Waals surface area contributed by atoms with Gasteiger partial charge in [-0.25, -0.2) is 9.66 Å². The average Bonchev–Trinajstić information content (AvgIpc) is 2.63. The monoisotopic (exact) mass is 337 g/mol. The van der Waals surface area contributed by atoms with Crippen molar-refractivity contribution in [3.63, 3.8) is 0 Å². The van der Waals surface area contributed by atoms with E-state index in [1.165, 1.54) is 5.56 Å². The Labute approximate surface area is 145 Å². The molecule has 1 aliphatic rings. The van der Waals surface area contributed by atoms with Gasteiger partial charge >= 0.3 is 0 Å². The van der Waals surface area contributed by atoms with Crippen LogP contribution in [0.15, 0.2) is 41.2 Å². The SMILES string of the molecule is COc1cc2c(cc1OC)CNn1c(nc3ccccc3c1=O)CC2. The number of aromatic nitrogens is 2. The summed E-state index contributed by atoms with van der Waals surface area (Å²) in [5, 5.41) is 0.617. The third kappa shape index (κ3) is 2.59. The minimum Gasteiger partial charge on any atom is -0.493 e. The third-order valence-corrected chi connectivity index (χ3v) is 4.60. The molecule has 0 unspecified atom stereocenters. The van der Waals surface area contributed by atoms with Crippen molar-refractivity contribution in [2.75, 3.05) is 19.6 Å². The summed E-state index contributed by atoms with van der Waals surface area (Å²) in [6.45, 7) is 0.516. The molecule has 2 aromatic carbocycles. The highest BCUT2D eigenvalue weighted by molar-refractivity contribution is 5.77. The molecule has 4 rings (SSSR count). The number of para-hydroxylation sites is 1. The van der Waals surface area contributed by atoms with E-state index in [1.54, 1.807) is 25.0 Å². The Morgan fingerprint density at radius 1 is 1.04 bits per heavy atom. The maximum atomic E-state index is 12.8. The maximum Gasteiger partial charge on any atom is 0.279 e. The highest BCUT2D eigenvalue weighted by atomic mass is 16.5. The van der Waals surface area contributed by atoms with E-state index in [0.29, 0.717) is 29.9 Å². The quantitative estimate of drug-likeness (QED) is 0.777. The van der Waals surface area contributed by atoms with Gasteiger partial charge in [-0.05, 0) is 41.8 Å². The third-order valence-electron chi connectivity index (χ3n) is 4.60. The number of benzene rings is 2. The Morgan fingerprint density at radius 2 is 1.76 bits per heavy atom. The molecule has 0 spiro atoms. The molecule has 128 valence electrons. The predicted molar refractivity (Wildman–Crippen MR) is 96.0 cm³/mol. The van der Waals surface area contributed by atoms with Crippen molar-refractivity contribution in [2.45, 2.75) is 19.4 Å². The van der Waals surface area contributed by atoms with Crippen molar-refractivity contribution >= 4 is 10.9 Å². The lowest BCUT2D eigenvalue weighted by molar-refractivity contribution is 0.354. The largest absolute Gasteiger partial charge is 0.493 e. The Bertz CT molecular complexity index is 1010. The van der Waals surface area contributed by atoms with Crippen LogP contribution in [0.1, 0.15) is 17.0 Å². The van der Waals surface area contributed by atoms with Crippen molar-refractivity contribution < 1.29 is 9.47 Å². The molecule has 0 saturated carbocycles. The molecule has 6 heteroatoms. The molecule has 0 fully saturated rings. The Balaban J connectivity index is 1.80. The fraction of sp³-hybridized carbons (Fsp3) is 0.263. The normalized spacial score (nSPS) is 13.2. The summed E-state index contributed by atoms with van der Waals surface area (Å²) in [4.78, 5) is 17.5. The first-order valence-electron chi connectivity index (χ1n) is 8.19. The number of ether oxygens (including phenoxy) is 2. The first kappa shape index (κ1) is 15.5. The van der Waals surface area contributed by atoms with Crippen LogP contribution in [-0.4, -0.2) is 23.9 Å². The lowest BCUT2D eigenvalue weighted by atomic mass is 10.0. The van der Waals surface area contributed by atoms with E-state index in [9.17, 15) is 4.79 Å². The van der Waals surface area contributed by atoms with E-state index in [2.05, 4.69) is 10.4 Å². The molecular weight excluding hydrogens is 318 g/mol. The fourth-order valence-electron chi connectivity index (χ4n) is 3.28. The number of aryl methyl sites for hydroxylation is 2. The summed E-state index contributed by atoms with van der Waals surface area (Å²) in [5.74, 6) is 2.14. The first-order chi connectivity index (χ1) is 12.2. The van der Waals surface area contributed by atoms with Crippen LogP contribution in [-0.2, 0) is 19.4 Å². The number of nitrogens with one attached hydrogen (secondary N) is 1. The number of hydrogen-bond acceptors (Lipinski definition) is 5. The zero-order chi connectivity index (χ0) is 17.4. The summed E-state index contributed by atoms with van der Waals surface area (Å²) in [6, 6.07) is 11.4. The van der Waals surface area contributed by atoms with Crippen LogP contribution in [0.3, 0.4) is 0 Å². The van der Waals surface area contributed by atoms with Gasteiger partial charge in [0.05, 0.1) is 31.7 Å². The van der Waals surface area contributed by atoms with Gasteiger partial charge in [0.1, 0.15) is 5.82 Å². The van der Waals surface area contributed by atoms with Crippen molar-refractivity contribution in [1.29, 1.82) is 0 Å². The topological polar surface area (TPSA) is 65.4 Å². The molecule has 0 bridgehead atoms. The molecule has 2 heterocycles. The first-order valence-corrected chi connectivity index (χ1v) is 8.19. The molecular formula is C19H19N3O3. The van der Waals surface area contributed by atoms with Gasteiger partial charge in [-0.3, -0.25) is 4.79 Å². The zero-order valence-electron chi connectivity index (χ0n) is 14.2. The van der Waals surface area contributed by atoms with Gasteiger partial charge in [0.15, 0.2) is 11.5 Å². The smallest absolute Gasteiger partial charge is 0.279 e. The molecule has 1 aliphatic heterocycles. The van der Waals surface area contributed by atoms with Crippen molar-refractivity contribution in [3.8, 4) is 11.5 Å². The van der Waals surface area contributed by atoms with E-state index in [0.717, 1.165) is 23.3 Å². The molecule has 3 aromatic rings. The van der Waals surface area contributed by atoms with E-state index in [1.807, 2.05) is 30.3 Å². The summed E-state index contributed by atoms with van der Waals surface area (Å²) in [6.07, 6.45) is 1.44. The summed E-state index contributed by atoms with van der Waals surface area (Å²) < 4.78 is 12.4. The fourth-order valence-corrected chi connectivity index (χ4v) is 3.28. The number of hydrogen-bond donors (Lipinski definition) is 1. The molecule has 6 nitrogen and oxygen atoms in total. The Hall–Kier alpha value is -3.02. The van der Waals surface area contributed by atoms with Crippen molar-refractivity contribution in [2.24, 2.45) is 0 Å². The highest BCUT2D eigenvalue weighted by Gasteiger charge is 2.17. The minimum absolute atomic E-state index is 0.0653. The zero-order valence-corrected chi connectivity index (χ0v) is 14.2. The van der Waals surface area contributed by atoms with E-state index in [4.69, 9.17) is 9.47 Å². The van der Waals surface area contributed by atoms with Crippen LogP contribution < -0.4 is 20.5 Å². The molecule has 1 aromatic heterocycles. The number of nitrogens with zero attached hydrogens (tertiary/aromatic N) is 2. The maximum absolute atomic E-state index is 12.8. The van der Waals surface area contributed by atoms with Crippen LogP contribution in [0.25, 0.3) is 10.9 Å². The van der Waals surface area contributed by atoms with E-state index in [-0.39, 0.29) is 5.56 Å². The van der Waals surface area contributed by atoms with Crippen LogP contribution in [0.2, 0.25) is 0 Å². The number of fused-ring (bicyclic) bond motifs is 3. The highest BCUT2D eigenvalue weighted by Crippen LogP contribution is 2.31. The summed E-state index contributed by atoms with van der Waals surface area (Å²) in [5.41, 5.74) is 6.13. The molecule has 0 atom stereocenters. The second-order valence-corrected chi connectivity index (χ2v) is 6.00. The molecule has 0 amide bonds. The second kappa shape index (κ2) is 6.12. The van der Waals surface area contributed by atoms with Crippen molar-refractivity contribution in [1.82, 2.24) is 9.66 Å².